The number of rotatable bonds is 7. The monoisotopic (exact) mass is 453 g/mol. The van der Waals surface area contributed by atoms with Crippen LogP contribution < -0.4 is 4.74 Å². The third kappa shape index (κ3) is 5.16. The van der Waals surface area contributed by atoms with Crippen molar-refractivity contribution in [3.63, 3.8) is 0 Å². The smallest absolute Gasteiger partial charge is 0.198 e. The van der Waals surface area contributed by atoms with Crippen molar-refractivity contribution in [2.75, 3.05) is 12.9 Å². The molecule has 0 radical (unpaired) electrons. The Bertz CT molecular complexity index is 1270. The molecule has 0 atom stereocenters. The first-order chi connectivity index (χ1) is 14.9. The minimum Gasteiger partial charge on any atom is -0.493 e. The Labute approximate surface area is 186 Å². The maximum absolute atomic E-state index is 11.8. The minimum absolute atomic E-state index is 0.262. The van der Waals surface area contributed by atoms with Crippen LogP contribution in [-0.4, -0.2) is 26.3 Å². The molecule has 1 aromatic heterocycles. The summed E-state index contributed by atoms with van der Waals surface area (Å²) in [5, 5.41) is 0.652. The number of ether oxygens (including phenoxy) is 1. The summed E-state index contributed by atoms with van der Waals surface area (Å²) in [5.41, 5.74) is 2.33. The van der Waals surface area contributed by atoms with Gasteiger partial charge in [-0.15, -0.1) is 0 Å². The van der Waals surface area contributed by atoms with Gasteiger partial charge in [-0.25, -0.2) is 13.4 Å². The maximum Gasteiger partial charge on any atom is 0.198 e. The molecule has 5 nitrogen and oxygen atoms in total. The molecule has 0 saturated carbocycles. The number of halogens is 1. The van der Waals surface area contributed by atoms with Crippen LogP contribution in [0.2, 0.25) is 5.02 Å². The van der Waals surface area contributed by atoms with Crippen molar-refractivity contribution in [2.45, 2.75) is 11.3 Å². The summed E-state index contributed by atoms with van der Waals surface area (Å²) >= 11 is 5.90. The highest BCUT2D eigenvalue weighted by atomic mass is 35.5. The molecular formula is C24H20ClNO4S. The van der Waals surface area contributed by atoms with Gasteiger partial charge in [0.2, 0.25) is 0 Å². The van der Waals surface area contributed by atoms with Gasteiger partial charge in [0.15, 0.2) is 21.5 Å². The average molecular weight is 454 g/mol. The van der Waals surface area contributed by atoms with Crippen molar-refractivity contribution in [1.29, 1.82) is 0 Å². The number of benzene rings is 3. The van der Waals surface area contributed by atoms with Gasteiger partial charge in [0.1, 0.15) is 11.4 Å². The largest absolute Gasteiger partial charge is 0.493 e. The average Bonchev–Trinajstić information content (AvgIpc) is 3.19. The zero-order valence-electron chi connectivity index (χ0n) is 16.8. The second-order valence-corrected chi connectivity index (χ2v) is 9.45. The second-order valence-electron chi connectivity index (χ2n) is 7.00. The fourth-order valence-electron chi connectivity index (χ4n) is 3.10. The third-order valence-electron chi connectivity index (χ3n) is 4.66. The van der Waals surface area contributed by atoms with Gasteiger partial charge in [0.25, 0.3) is 0 Å². The molecule has 0 fully saturated rings. The first-order valence-corrected chi connectivity index (χ1v) is 11.9. The van der Waals surface area contributed by atoms with Gasteiger partial charge in [-0.05, 0) is 36.4 Å². The summed E-state index contributed by atoms with van der Waals surface area (Å²) < 4.78 is 35.4. The number of hydrogen-bond acceptors (Lipinski definition) is 5. The summed E-state index contributed by atoms with van der Waals surface area (Å²) in [5.74, 6) is 1.89. The van der Waals surface area contributed by atoms with Gasteiger partial charge >= 0.3 is 0 Å². The molecule has 3 aromatic carbocycles. The van der Waals surface area contributed by atoms with Gasteiger partial charge < -0.3 is 9.15 Å². The molecule has 0 unspecified atom stereocenters. The van der Waals surface area contributed by atoms with Crippen LogP contribution in [0.1, 0.15) is 5.89 Å². The number of oxazole rings is 1. The Kier molecular flexibility index (Phi) is 6.11. The van der Waals surface area contributed by atoms with Crippen molar-refractivity contribution in [3.05, 3.63) is 89.8 Å². The van der Waals surface area contributed by atoms with E-state index in [0.717, 1.165) is 16.9 Å². The lowest BCUT2D eigenvalue weighted by Gasteiger charge is -2.04. The predicted molar refractivity (Wildman–Crippen MR) is 121 cm³/mol. The highest BCUT2D eigenvalue weighted by Crippen LogP contribution is 2.33. The number of sulfone groups is 1. The molecule has 0 N–H and O–H groups in total. The molecule has 0 aliphatic carbocycles. The predicted octanol–water partition coefficient (Wildman–Crippen LogP) is 5.69. The van der Waals surface area contributed by atoms with Gasteiger partial charge in [-0.3, -0.25) is 0 Å². The van der Waals surface area contributed by atoms with Crippen LogP contribution in [0.25, 0.3) is 22.6 Å². The molecule has 158 valence electrons. The highest BCUT2D eigenvalue weighted by Gasteiger charge is 2.18. The normalized spacial score (nSPS) is 11.4. The molecule has 4 rings (SSSR count). The van der Waals surface area contributed by atoms with Crippen molar-refractivity contribution < 1.29 is 17.6 Å². The molecule has 0 aliphatic heterocycles. The lowest BCUT2D eigenvalue weighted by Crippen LogP contribution is -2.01. The molecule has 31 heavy (non-hydrogen) atoms. The van der Waals surface area contributed by atoms with Crippen molar-refractivity contribution >= 4 is 21.4 Å². The van der Waals surface area contributed by atoms with Crippen LogP contribution in [0.5, 0.6) is 5.75 Å². The van der Waals surface area contributed by atoms with E-state index in [-0.39, 0.29) is 4.90 Å². The Balaban J connectivity index is 1.61. The summed E-state index contributed by atoms with van der Waals surface area (Å²) in [6.45, 7) is 0.392. The quantitative estimate of drug-likeness (QED) is 0.359. The fraction of sp³-hybridized carbons (Fsp3) is 0.125. The van der Waals surface area contributed by atoms with Crippen LogP contribution >= 0.6 is 11.6 Å². The fourth-order valence-corrected chi connectivity index (χ4v) is 3.86. The lowest BCUT2D eigenvalue weighted by molar-refractivity contribution is 0.307. The van der Waals surface area contributed by atoms with Crippen molar-refractivity contribution in [1.82, 2.24) is 4.98 Å². The van der Waals surface area contributed by atoms with E-state index in [2.05, 4.69) is 4.98 Å². The van der Waals surface area contributed by atoms with Crippen LogP contribution in [-0.2, 0) is 16.3 Å². The first kappa shape index (κ1) is 21.2. The summed E-state index contributed by atoms with van der Waals surface area (Å²) in [6.07, 6.45) is 1.66. The second kappa shape index (κ2) is 8.96. The molecule has 0 saturated heterocycles. The van der Waals surface area contributed by atoms with Crippen LogP contribution in [0.4, 0.5) is 0 Å². The van der Waals surface area contributed by atoms with E-state index in [1.165, 1.54) is 6.26 Å². The lowest BCUT2D eigenvalue weighted by atomic mass is 10.1. The van der Waals surface area contributed by atoms with Crippen LogP contribution in [0, 0.1) is 0 Å². The minimum atomic E-state index is -3.27. The van der Waals surface area contributed by atoms with Crippen LogP contribution in [0.3, 0.4) is 0 Å². The van der Waals surface area contributed by atoms with E-state index in [1.807, 2.05) is 42.5 Å². The van der Waals surface area contributed by atoms with E-state index >= 15 is 0 Å². The third-order valence-corrected chi connectivity index (χ3v) is 6.04. The van der Waals surface area contributed by atoms with Gasteiger partial charge in [-0.2, -0.15) is 0 Å². The summed E-state index contributed by atoms with van der Waals surface area (Å²) in [4.78, 5) is 4.94. The van der Waals surface area contributed by atoms with Gasteiger partial charge in [0, 0.05) is 22.4 Å². The number of nitrogens with zero attached hydrogens (tertiary/aromatic N) is 1. The number of hydrogen-bond donors (Lipinski definition) is 0. The standard InChI is InChI=1S/C24H20ClNO4S/c1-31(27,28)21-13-7-17(8-14-21)23-24(18-5-3-2-4-6-18)30-22(26-23)15-16-29-20-11-9-19(25)10-12-20/h2-14H,15-16H2,1H3. The van der Waals surface area contributed by atoms with Gasteiger partial charge in [-0.1, -0.05) is 54.1 Å². The van der Waals surface area contributed by atoms with E-state index in [1.54, 1.807) is 36.4 Å². The molecule has 0 aliphatic rings. The molecule has 0 spiro atoms. The molecule has 0 bridgehead atoms. The van der Waals surface area contributed by atoms with Gasteiger partial charge in [0.05, 0.1) is 17.9 Å². The zero-order valence-corrected chi connectivity index (χ0v) is 18.4. The van der Waals surface area contributed by atoms with E-state index in [9.17, 15) is 8.42 Å². The van der Waals surface area contributed by atoms with E-state index in [0.29, 0.717) is 35.4 Å². The van der Waals surface area contributed by atoms with Crippen LogP contribution in [0.15, 0.2) is 88.2 Å². The zero-order chi connectivity index (χ0) is 21.8. The topological polar surface area (TPSA) is 69.4 Å². The first-order valence-electron chi connectivity index (χ1n) is 9.64. The van der Waals surface area contributed by atoms with Crippen molar-refractivity contribution in [2.24, 2.45) is 0 Å². The number of aromatic nitrogens is 1. The summed E-state index contributed by atoms with van der Waals surface area (Å²) in [6, 6.07) is 23.5. The molecule has 0 amide bonds. The van der Waals surface area contributed by atoms with E-state index in [4.69, 9.17) is 20.8 Å². The summed E-state index contributed by atoms with van der Waals surface area (Å²) in [7, 11) is -3.27. The van der Waals surface area contributed by atoms with E-state index < -0.39 is 9.84 Å². The Morgan fingerprint density at radius 1 is 0.903 bits per heavy atom. The molecular weight excluding hydrogens is 434 g/mol. The maximum atomic E-state index is 11.8. The Hall–Kier alpha value is -3.09. The highest BCUT2D eigenvalue weighted by molar-refractivity contribution is 7.90. The molecule has 4 aromatic rings. The Morgan fingerprint density at radius 2 is 1.58 bits per heavy atom. The Morgan fingerprint density at radius 3 is 2.23 bits per heavy atom. The SMILES string of the molecule is CS(=O)(=O)c1ccc(-c2nc(CCOc3ccc(Cl)cc3)oc2-c2ccccc2)cc1. The molecule has 7 heteroatoms. The van der Waals surface area contributed by atoms with Crippen molar-refractivity contribution in [3.8, 4) is 28.3 Å². The molecule has 1 heterocycles.